The van der Waals surface area contributed by atoms with Gasteiger partial charge in [0.1, 0.15) is 24.4 Å². The first-order chi connectivity index (χ1) is 15.6. The van der Waals surface area contributed by atoms with Gasteiger partial charge >= 0.3 is 11.9 Å². The van der Waals surface area contributed by atoms with E-state index in [2.05, 4.69) is 0 Å². The van der Waals surface area contributed by atoms with E-state index in [-0.39, 0.29) is 0 Å². The van der Waals surface area contributed by atoms with Gasteiger partial charge in [-0.15, -0.1) is 0 Å². The van der Waals surface area contributed by atoms with Crippen molar-refractivity contribution in [2.24, 2.45) is 11.3 Å². The van der Waals surface area contributed by atoms with Crippen LogP contribution in [-0.2, 0) is 28.5 Å². The highest BCUT2D eigenvalue weighted by Crippen LogP contribution is 2.44. The van der Waals surface area contributed by atoms with E-state index >= 15 is 0 Å². The van der Waals surface area contributed by atoms with Crippen molar-refractivity contribution in [2.45, 2.75) is 115 Å². The summed E-state index contributed by atoms with van der Waals surface area (Å²) in [5.74, 6) is -3.94. The molecule has 0 aromatic heterocycles. The molecule has 0 saturated carbocycles. The SMILES string of the molecule is CCC(C)(CC)C1C(C(=O)O)OC(OC2C(C(=O)O)OC(OC(C)(C)C)C(O)C2O)C(O)C1O. The molecule has 0 amide bonds. The van der Waals surface area contributed by atoms with Crippen LogP contribution in [0.5, 0.6) is 0 Å². The Morgan fingerprint density at radius 2 is 1.24 bits per heavy atom. The Morgan fingerprint density at radius 3 is 1.68 bits per heavy atom. The molecule has 198 valence electrons. The van der Waals surface area contributed by atoms with Crippen LogP contribution in [0.3, 0.4) is 0 Å². The monoisotopic (exact) mass is 494 g/mol. The fourth-order valence-corrected chi connectivity index (χ4v) is 4.47. The summed E-state index contributed by atoms with van der Waals surface area (Å²) in [6.07, 6.45) is -14.5. The van der Waals surface area contributed by atoms with Crippen molar-refractivity contribution >= 4 is 11.9 Å². The number of ether oxygens (including phenoxy) is 4. The molecule has 2 fully saturated rings. The summed E-state index contributed by atoms with van der Waals surface area (Å²) in [5.41, 5.74) is -1.54. The molecule has 0 bridgehead atoms. The van der Waals surface area contributed by atoms with Crippen LogP contribution < -0.4 is 0 Å². The van der Waals surface area contributed by atoms with Crippen LogP contribution in [0.4, 0.5) is 0 Å². The minimum absolute atomic E-state index is 0.494. The molecular formula is C22H38O12. The van der Waals surface area contributed by atoms with Crippen LogP contribution in [0, 0.1) is 11.3 Å². The summed E-state index contributed by atoms with van der Waals surface area (Å²) in [6, 6.07) is 0. The average Bonchev–Trinajstić information content (AvgIpc) is 2.74. The molecule has 34 heavy (non-hydrogen) atoms. The Bertz CT molecular complexity index is 717. The lowest BCUT2D eigenvalue weighted by atomic mass is 9.66. The van der Waals surface area contributed by atoms with Gasteiger partial charge in [0.25, 0.3) is 0 Å². The highest BCUT2D eigenvalue weighted by atomic mass is 16.7. The van der Waals surface area contributed by atoms with Crippen molar-refractivity contribution in [1.82, 2.24) is 0 Å². The van der Waals surface area contributed by atoms with Gasteiger partial charge in [0, 0.05) is 5.92 Å². The third-order valence-electron chi connectivity index (χ3n) is 6.82. The zero-order valence-corrected chi connectivity index (χ0v) is 20.3. The quantitative estimate of drug-likeness (QED) is 0.258. The molecule has 12 nitrogen and oxygen atoms in total. The molecule has 2 rings (SSSR count). The molecule has 0 spiro atoms. The van der Waals surface area contributed by atoms with Crippen LogP contribution in [0.15, 0.2) is 0 Å². The standard InChI is InChI=1S/C22H38O12/c1-7-22(6,8-2)9-10(23)12(25)19(31-14(9)17(27)28)32-15-11(24)13(26)20(34-21(3,4)5)33-16(15)18(29)30/h9-16,19-20,23-26H,7-8H2,1-6H3,(H,27,28)(H,29,30). The average molecular weight is 495 g/mol. The van der Waals surface area contributed by atoms with Gasteiger partial charge in [-0.25, -0.2) is 9.59 Å². The number of hydrogen-bond donors (Lipinski definition) is 6. The van der Waals surface area contributed by atoms with E-state index in [0.29, 0.717) is 12.8 Å². The fraction of sp³-hybridized carbons (Fsp3) is 0.909. The minimum atomic E-state index is -1.85. The first kappa shape index (κ1) is 28.9. The van der Waals surface area contributed by atoms with Gasteiger partial charge in [0.05, 0.1) is 11.7 Å². The van der Waals surface area contributed by atoms with E-state index in [9.17, 15) is 40.2 Å². The summed E-state index contributed by atoms with van der Waals surface area (Å²) in [4.78, 5) is 23.8. The number of carboxylic acids is 2. The Morgan fingerprint density at radius 1 is 0.765 bits per heavy atom. The molecule has 0 aliphatic carbocycles. The highest BCUT2D eigenvalue weighted by Gasteiger charge is 2.57. The first-order valence-electron chi connectivity index (χ1n) is 11.4. The highest BCUT2D eigenvalue weighted by molar-refractivity contribution is 5.74. The molecule has 2 aliphatic heterocycles. The van der Waals surface area contributed by atoms with Crippen molar-refractivity contribution in [1.29, 1.82) is 0 Å². The Labute approximate surface area is 198 Å². The third-order valence-corrected chi connectivity index (χ3v) is 6.82. The van der Waals surface area contributed by atoms with Crippen molar-refractivity contribution in [3.63, 3.8) is 0 Å². The molecule has 2 heterocycles. The Hall–Kier alpha value is -1.38. The lowest BCUT2D eigenvalue weighted by molar-refractivity contribution is -0.358. The summed E-state index contributed by atoms with van der Waals surface area (Å²) >= 11 is 0. The second-order valence-electron chi connectivity index (χ2n) is 10.2. The maximum absolute atomic E-state index is 12.0. The third kappa shape index (κ3) is 5.88. The van der Waals surface area contributed by atoms with Gasteiger partial charge in [-0.05, 0) is 26.2 Å². The molecular weight excluding hydrogens is 456 g/mol. The molecule has 0 aromatic carbocycles. The lowest BCUT2D eigenvalue weighted by Crippen LogP contribution is -2.66. The first-order valence-corrected chi connectivity index (χ1v) is 11.4. The summed E-state index contributed by atoms with van der Waals surface area (Å²) in [5, 5.41) is 62.1. The molecule has 2 aliphatic rings. The largest absolute Gasteiger partial charge is 0.479 e. The lowest BCUT2D eigenvalue weighted by Gasteiger charge is -2.50. The van der Waals surface area contributed by atoms with E-state index in [1.54, 1.807) is 27.7 Å². The van der Waals surface area contributed by atoms with Gasteiger partial charge in [0.2, 0.25) is 0 Å². The maximum Gasteiger partial charge on any atom is 0.335 e. The van der Waals surface area contributed by atoms with Crippen LogP contribution >= 0.6 is 0 Å². The maximum atomic E-state index is 12.0. The molecule has 2 saturated heterocycles. The molecule has 10 unspecified atom stereocenters. The van der Waals surface area contributed by atoms with E-state index in [1.807, 2.05) is 13.8 Å². The van der Waals surface area contributed by atoms with Crippen LogP contribution in [0.2, 0.25) is 0 Å². The smallest absolute Gasteiger partial charge is 0.335 e. The zero-order valence-electron chi connectivity index (χ0n) is 20.3. The summed E-state index contributed by atoms with van der Waals surface area (Å²) < 4.78 is 21.8. The van der Waals surface area contributed by atoms with Crippen LogP contribution in [0.1, 0.15) is 54.4 Å². The second-order valence-corrected chi connectivity index (χ2v) is 10.2. The molecule has 10 atom stereocenters. The summed E-state index contributed by atoms with van der Waals surface area (Å²) in [6.45, 7) is 10.4. The van der Waals surface area contributed by atoms with Crippen LogP contribution in [0.25, 0.3) is 0 Å². The van der Waals surface area contributed by atoms with E-state index < -0.39 is 84.2 Å². The van der Waals surface area contributed by atoms with Crippen molar-refractivity contribution in [3.05, 3.63) is 0 Å². The number of carboxylic acid groups (broad SMARTS) is 2. The Kier molecular flexibility index (Phi) is 9.09. The number of aliphatic hydroxyl groups is 4. The number of hydrogen-bond acceptors (Lipinski definition) is 10. The van der Waals surface area contributed by atoms with Gasteiger partial charge in [0.15, 0.2) is 24.8 Å². The van der Waals surface area contributed by atoms with Crippen molar-refractivity contribution in [3.8, 4) is 0 Å². The van der Waals surface area contributed by atoms with Crippen molar-refractivity contribution in [2.75, 3.05) is 0 Å². The van der Waals surface area contributed by atoms with Gasteiger partial charge in [-0.3, -0.25) is 0 Å². The second kappa shape index (κ2) is 10.7. The van der Waals surface area contributed by atoms with Gasteiger partial charge in [-0.2, -0.15) is 0 Å². The van der Waals surface area contributed by atoms with Gasteiger partial charge in [-0.1, -0.05) is 33.6 Å². The number of carbonyl (C=O) groups is 2. The topological polar surface area (TPSA) is 192 Å². The summed E-state index contributed by atoms with van der Waals surface area (Å²) in [7, 11) is 0. The predicted molar refractivity (Wildman–Crippen MR) is 115 cm³/mol. The van der Waals surface area contributed by atoms with Crippen molar-refractivity contribution < 1.29 is 59.2 Å². The molecule has 0 radical (unpaired) electrons. The Balaban J connectivity index is 2.32. The molecule has 6 N–H and O–H groups in total. The molecule has 12 heteroatoms. The number of aliphatic carboxylic acids is 2. The molecule has 0 aromatic rings. The number of aliphatic hydroxyl groups excluding tert-OH is 4. The van der Waals surface area contributed by atoms with Gasteiger partial charge < -0.3 is 49.6 Å². The fourth-order valence-electron chi connectivity index (χ4n) is 4.47. The predicted octanol–water partition coefficient (Wildman–Crippen LogP) is -0.308. The van der Waals surface area contributed by atoms with E-state index in [4.69, 9.17) is 18.9 Å². The number of rotatable bonds is 8. The normalized spacial score (nSPS) is 39.6. The van der Waals surface area contributed by atoms with E-state index in [0.717, 1.165) is 0 Å². The van der Waals surface area contributed by atoms with E-state index in [1.165, 1.54) is 0 Å². The minimum Gasteiger partial charge on any atom is -0.479 e. The van der Waals surface area contributed by atoms with Crippen LogP contribution in [-0.4, -0.2) is 103 Å². The zero-order chi connectivity index (χ0) is 26.2.